The van der Waals surface area contributed by atoms with Crippen molar-refractivity contribution in [3.05, 3.63) is 33.9 Å². The van der Waals surface area contributed by atoms with Gasteiger partial charge in [0.05, 0.1) is 4.92 Å². The quantitative estimate of drug-likeness (QED) is 0.658. The number of nitro groups is 1. The fourth-order valence-electron chi connectivity index (χ4n) is 3.02. The molecule has 1 aromatic rings. The molecule has 104 valence electrons. The third-order valence-corrected chi connectivity index (χ3v) is 4.30. The summed E-state index contributed by atoms with van der Waals surface area (Å²) in [6.07, 6.45) is 3.75. The number of aryl methyl sites for hydroxylation is 1. The lowest BCUT2D eigenvalue weighted by molar-refractivity contribution is -0.384. The zero-order valence-corrected chi connectivity index (χ0v) is 11.8. The molecule has 4 heteroatoms. The summed E-state index contributed by atoms with van der Waals surface area (Å²) in [5.41, 5.74) is 2.12. The first-order valence-corrected chi connectivity index (χ1v) is 7.00. The molecule has 1 fully saturated rings. The third-order valence-electron chi connectivity index (χ3n) is 4.30. The number of hydrogen-bond acceptors (Lipinski definition) is 3. The summed E-state index contributed by atoms with van der Waals surface area (Å²) in [6, 6.07) is 5.45. The molecule has 19 heavy (non-hydrogen) atoms. The number of nitrogens with zero attached hydrogens (tertiary/aromatic N) is 1. The van der Waals surface area contributed by atoms with Gasteiger partial charge < -0.3 is 5.32 Å². The Morgan fingerprint density at radius 1 is 1.26 bits per heavy atom. The van der Waals surface area contributed by atoms with E-state index in [1.54, 1.807) is 12.1 Å². The van der Waals surface area contributed by atoms with Crippen LogP contribution in [0, 0.1) is 28.9 Å². The van der Waals surface area contributed by atoms with Crippen LogP contribution in [0.15, 0.2) is 18.2 Å². The molecule has 2 atom stereocenters. The van der Waals surface area contributed by atoms with Gasteiger partial charge in [-0.05, 0) is 37.2 Å². The summed E-state index contributed by atoms with van der Waals surface area (Å²) < 4.78 is 0. The van der Waals surface area contributed by atoms with Gasteiger partial charge in [0.25, 0.3) is 5.69 Å². The molecular formula is C15H22N2O2. The Bertz CT molecular complexity index is 463. The molecule has 1 saturated carbocycles. The van der Waals surface area contributed by atoms with E-state index in [1.807, 2.05) is 13.0 Å². The topological polar surface area (TPSA) is 55.2 Å². The highest BCUT2D eigenvalue weighted by atomic mass is 16.6. The molecule has 2 rings (SSSR count). The fourth-order valence-corrected chi connectivity index (χ4v) is 3.02. The SMILES string of the molecule is Cc1ccc([N+](=O)[O-])cc1NC1C(C)CCCC1C. The van der Waals surface area contributed by atoms with Gasteiger partial charge in [0.1, 0.15) is 0 Å². The third kappa shape index (κ3) is 3.06. The molecule has 1 aromatic carbocycles. The van der Waals surface area contributed by atoms with Crippen molar-refractivity contribution >= 4 is 11.4 Å². The second kappa shape index (κ2) is 5.59. The molecular weight excluding hydrogens is 240 g/mol. The Morgan fingerprint density at radius 2 is 1.89 bits per heavy atom. The maximum atomic E-state index is 10.9. The van der Waals surface area contributed by atoms with E-state index in [2.05, 4.69) is 19.2 Å². The Balaban J connectivity index is 2.21. The van der Waals surface area contributed by atoms with Gasteiger partial charge in [-0.2, -0.15) is 0 Å². The number of rotatable bonds is 3. The van der Waals surface area contributed by atoms with E-state index < -0.39 is 0 Å². The zero-order valence-electron chi connectivity index (χ0n) is 11.8. The molecule has 2 unspecified atom stereocenters. The van der Waals surface area contributed by atoms with Gasteiger partial charge in [-0.3, -0.25) is 10.1 Å². The maximum Gasteiger partial charge on any atom is 0.271 e. The minimum Gasteiger partial charge on any atom is -0.381 e. The van der Waals surface area contributed by atoms with Crippen LogP contribution in [0.25, 0.3) is 0 Å². The van der Waals surface area contributed by atoms with E-state index in [9.17, 15) is 10.1 Å². The molecule has 0 radical (unpaired) electrons. The molecule has 1 N–H and O–H groups in total. The molecule has 4 nitrogen and oxygen atoms in total. The maximum absolute atomic E-state index is 10.9. The minimum absolute atomic E-state index is 0.157. The monoisotopic (exact) mass is 262 g/mol. The van der Waals surface area contributed by atoms with E-state index in [0.717, 1.165) is 11.3 Å². The van der Waals surface area contributed by atoms with Gasteiger partial charge >= 0.3 is 0 Å². The van der Waals surface area contributed by atoms with E-state index in [-0.39, 0.29) is 10.6 Å². The van der Waals surface area contributed by atoms with Crippen LogP contribution in [0.3, 0.4) is 0 Å². The summed E-state index contributed by atoms with van der Waals surface area (Å²) in [6.45, 7) is 6.52. The van der Waals surface area contributed by atoms with E-state index >= 15 is 0 Å². The summed E-state index contributed by atoms with van der Waals surface area (Å²) in [4.78, 5) is 10.5. The van der Waals surface area contributed by atoms with Gasteiger partial charge in [-0.15, -0.1) is 0 Å². The Kier molecular flexibility index (Phi) is 4.08. The lowest BCUT2D eigenvalue weighted by Gasteiger charge is -2.36. The average molecular weight is 262 g/mol. The zero-order chi connectivity index (χ0) is 14.0. The van der Waals surface area contributed by atoms with Crippen LogP contribution >= 0.6 is 0 Å². The van der Waals surface area contributed by atoms with Gasteiger partial charge in [0.15, 0.2) is 0 Å². The molecule has 0 bridgehead atoms. The predicted molar refractivity (Wildman–Crippen MR) is 77.4 cm³/mol. The molecule has 0 aromatic heterocycles. The van der Waals surface area contributed by atoms with Crippen molar-refractivity contribution in [3.8, 4) is 0 Å². The van der Waals surface area contributed by atoms with Crippen molar-refractivity contribution in [2.75, 3.05) is 5.32 Å². The van der Waals surface area contributed by atoms with Crippen LogP contribution in [0.2, 0.25) is 0 Å². The summed E-state index contributed by atoms with van der Waals surface area (Å²) in [7, 11) is 0. The highest BCUT2D eigenvalue weighted by Crippen LogP contribution is 2.33. The van der Waals surface area contributed by atoms with Crippen molar-refractivity contribution in [1.82, 2.24) is 0 Å². The van der Waals surface area contributed by atoms with Crippen molar-refractivity contribution < 1.29 is 4.92 Å². The number of non-ortho nitro benzene ring substituents is 1. The molecule has 0 saturated heterocycles. The van der Waals surface area contributed by atoms with Crippen molar-refractivity contribution in [2.45, 2.75) is 46.1 Å². The standard InChI is InChI=1S/C15H22N2O2/c1-10-7-8-13(17(18)19)9-14(10)16-15-11(2)5-4-6-12(15)3/h7-9,11-12,15-16H,4-6H2,1-3H3. The van der Waals surface area contributed by atoms with Crippen molar-refractivity contribution in [1.29, 1.82) is 0 Å². The number of nitro benzene ring substituents is 1. The van der Waals surface area contributed by atoms with Gasteiger partial charge in [-0.25, -0.2) is 0 Å². The molecule has 0 spiro atoms. The smallest absolute Gasteiger partial charge is 0.271 e. The van der Waals surface area contributed by atoms with Crippen LogP contribution in [0.4, 0.5) is 11.4 Å². The number of anilines is 1. The van der Waals surface area contributed by atoms with Crippen LogP contribution in [0.5, 0.6) is 0 Å². The Labute approximate surface area is 114 Å². The van der Waals surface area contributed by atoms with Crippen LogP contribution in [-0.4, -0.2) is 11.0 Å². The lowest BCUT2D eigenvalue weighted by Crippen LogP contribution is -2.37. The van der Waals surface area contributed by atoms with Crippen LogP contribution in [0.1, 0.15) is 38.7 Å². The summed E-state index contributed by atoms with van der Waals surface area (Å²) in [5, 5.41) is 14.4. The Morgan fingerprint density at radius 3 is 2.47 bits per heavy atom. The first-order valence-electron chi connectivity index (χ1n) is 7.00. The fraction of sp³-hybridized carbons (Fsp3) is 0.600. The number of hydrogen-bond donors (Lipinski definition) is 1. The largest absolute Gasteiger partial charge is 0.381 e. The molecule has 0 heterocycles. The first-order chi connectivity index (χ1) is 8.99. The second-order valence-corrected chi connectivity index (χ2v) is 5.81. The average Bonchev–Trinajstić information content (AvgIpc) is 2.35. The Hall–Kier alpha value is -1.58. The predicted octanol–water partition coefficient (Wildman–Crippen LogP) is 4.14. The summed E-state index contributed by atoms with van der Waals surface area (Å²) in [5.74, 6) is 1.23. The van der Waals surface area contributed by atoms with E-state index in [4.69, 9.17) is 0 Å². The minimum atomic E-state index is -0.335. The van der Waals surface area contributed by atoms with Crippen molar-refractivity contribution in [3.63, 3.8) is 0 Å². The van der Waals surface area contributed by atoms with Gasteiger partial charge in [-0.1, -0.05) is 26.3 Å². The van der Waals surface area contributed by atoms with E-state index in [1.165, 1.54) is 19.3 Å². The van der Waals surface area contributed by atoms with E-state index in [0.29, 0.717) is 17.9 Å². The normalized spacial score (nSPS) is 27.0. The van der Waals surface area contributed by atoms with Crippen LogP contribution < -0.4 is 5.32 Å². The molecule has 0 amide bonds. The molecule has 1 aliphatic rings. The van der Waals surface area contributed by atoms with Crippen molar-refractivity contribution in [2.24, 2.45) is 11.8 Å². The number of benzene rings is 1. The number of nitrogens with one attached hydrogen (secondary N) is 1. The first kappa shape index (κ1) is 13.8. The van der Waals surface area contributed by atoms with Gasteiger partial charge in [0, 0.05) is 23.9 Å². The highest BCUT2D eigenvalue weighted by Gasteiger charge is 2.28. The lowest BCUT2D eigenvalue weighted by atomic mass is 9.78. The molecule has 0 aliphatic heterocycles. The summed E-state index contributed by atoms with van der Waals surface area (Å²) >= 11 is 0. The molecule has 1 aliphatic carbocycles. The van der Waals surface area contributed by atoms with Gasteiger partial charge in [0.2, 0.25) is 0 Å². The highest BCUT2D eigenvalue weighted by molar-refractivity contribution is 5.57. The van der Waals surface area contributed by atoms with Crippen LogP contribution in [-0.2, 0) is 0 Å². The second-order valence-electron chi connectivity index (χ2n) is 5.81.